The number of sulfone groups is 1. The summed E-state index contributed by atoms with van der Waals surface area (Å²) >= 11 is 0. The van der Waals surface area contributed by atoms with Crippen molar-refractivity contribution in [1.29, 1.82) is 0 Å². The summed E-state index contributed by atoms with van der Waals surface area (Å²) in [5.41, 5.74) is 0.0310. The molecule has 0 bridgehead atoms. The van der Waals surface area contributed by atoms with E-state index in [-0.39, 0.29) is 16.4 Å². The Kier molecular flexibility index (Phi) is 4.60. The number of hydrogen-bond acceptors (Lipinski definition) is 6. The molecule has 0 aliphatic carbocycles. The number of nitrogens with zero attached hydrogens (tertiary/aromatic N) is 1. The molecule has 22 heavy (non-hydrogen) atoms. The van der Waals surface area contributed by atoms with Crippen LogP contribution in [0.2, 0.25) is 0 Å². The maximum absolute atomic E-state index is 11.9. The van der Waals surface area contributed by atoms with E-state index >= 15 is 0 Å². The van der Waals surface area contributed by atoms with E-state index in [2.05, 4.69) is 0 Å². The third kappa shape index (κ3) is 3.70. The first-order valence-electron chi connectivity index (χ1n) is 6.59. The molecule has 1 aliphatic rings. The summed E-state index contributed by atoms with van der Waals surface area (Å²) < 4.78 is 27.7. The lowest BCUT2D eigenvalue weighted by molar-refractivity contribution is -0.143. The molecule has 1 saturated heterocycles. The van der Waals surface area contributed by atoms with Crippen LogP contribution in [0.15, 0.2) is 29.2 Å². The third-order valence-corrected chi connectivity index (χ3v) is 4.31. The van der Waals surface area contributed by atoms with Gasteiger partial charge in [0.15, 0.2) is 16.4 Å². The molecule has 1 aliphatic heterocycles. The Bertz CT molecular complexity index is 725. The van der Waals surface area contributed by atoms with Crippen LogP contribution >= 0.6 is 0 Å². The molecule has 0 radical (unpaired) electrons. The highest BCUT2D eigenvalue weighted by Crippen LogP contribution is 2.13. The zero-order valence-electron chi connectivity index (χ0n) is 11.9. The minimum Gasteiger partial charge on any atom is -0.452 e. The lowest BCUT2D eigenvalue weighted by Crippen LogP contribution is -2.35. The van der Waals surface area contributed by atoms with Crippen LogP contribution < -0.4 is 0 Å². The van der Waals surface area contributed by atoms with E-state index < -0.39 is 28.3 Å². The van der Waals surface area contributed by atoms with Crippen LogP contribution in [0.1, 0.15) is 23.2 Å². The molecule has 1 aromatic rings. The molecule has 1 aromatic carbocycles. The molecule has 0 spiro atoms. The zero-order valence-corrected chi connectivity index (χ0v) is 12.8. The van der Waals surface area contributed by atoms with Crippen molar-refractivity contribution in [3.8, 4) is 0 Å². The Morgan fingerprint density at radius 1 is 1.32 bits per heavy atom. The summed E-state index contributed by atoms with van der Waals surface area (Å²) in [6.45, 7) is -0.216. The van der Waals surface area contributed by atoms with Crippen molar-refractivity contribution in [2.24, 2.45) is 0 Å². The summed E-state index contributed by atoms with van der Waals surface area (Å²) in [7, 11) is -3.44. The predicted octanol–water partition coefficient (Wildman–Crippen LogP) is 0.396. The minimum absolute atomic E-state index is 0.0111. The molecule has 1 heterocycles. The van der Waals surface area contributed by atoms with Crippen molar-refractivity contribution >= 4 is 27.6 Å². The first-order valence-corrected chi connectivity index (χ1v) is 8.48. The van der Waals surface area contributed by atoms with E-state index in [0.717, 1.165) is 11.2 Å². The van der Waals surface area contributed by atoms with Crippen molar-refractivity contribution in [2.75, 3.05) is 19.4 Å². The van der Waals surface area contributed by atoms with Crippen LogP contribution in [0.3, 0.4) is 0 Å². The number of imide groups is 1. The molecule has 8 heteroatoms. The number of carbonyl (C=O) groups is 3. The Morgan fingerprint density at radius 3 is 2.64 bits per heavy atom. The van der Waals surface area contributed by atoms with Gasteiger partial charge in [-0.25, -0.2) is 13.2 Å². The van der Waals surface area contributed by atoms with Gasteiger partial charge in [0, 0.05) is 19.2 Å². The lowest BCUT2D eigenvalue weighted by atomic mass is 10.2. The van der Waals surface area contributed by atoms with Gasteiger partial charge in [0.05, 0.1) is 10.5 Å². The normalized spacial score (nSPS) is 15.0. The van der Waals surface area contributed by atoms with Gasteiger partial charge in [0.25, 0.3) is 5.91 Å². The molecule has 2 rings (SSSR count). The number of likely N-dealkylation sites (tertiary alicyclic amines) is 1. The van der Waals surface area contributed by atoms with Gasteiger partial charge in [0.2, 0.25) is 5.91 Å². The van der Waals surface area contributed by atoms with Crippen molar-refractivity contribution in [1.82, 2.24) is 4.90 Å². The lowest BCUT2D eigenvalue weighted by Gasteiger charge is -2.13. The van der Waals surface area contributed by atoms with Crippen molar-refractivity contribution in [3.05, 3.63) is 29.8 Å². The average molecular weight is 325 g/mol. The van der Waals surface area contributed by atoms with Gasteiger partial charge >= 0.3 is 5.97 Å². The molecule has 0 atom stereocenters. The fraction of sp³-hybridized carbons (Fsp3) is 0.357. The highest BCUT2D eigenvalue weighted by atomic mass is 32.2. The monoisotopic (exact) mass is 325 g/mol. The number of hydrogen-bond donors (Lipinski definition) is 0. The number of benzene rings is 1. The molecule has 0 aromatic heterocycles. The average Bonchev–Trinajstić information content (AvgIpc) is 2.90. The van der Waals surface area contributed by atoms with Crippen LogP contribution in [0.5, 0.6) is 0 Å². The Morgan fingerprint density at radius 2 is 2.05 bits per heavy atom. The zero-order chi connectivity index (χ0) is 16.3. The van der Waals surface area contributed by atoms with E-state index in [0.29, 0.717) is 19.4 Å². The van der Waals surface area contributed by atoms with E-state index in [4.69, 9.17) is 4.74 Å². The molecular formula is C14H15NO6S. The first kappa shape index (κ1) is 16.2. The minimum atomic E-state index is -3.44. The van der Waals surface area contributed by atoms with Crippen LogP contribution in [0.4, 0.5) is 0 Å². The molecule has 2 amide bonds. The van der Waals surface area contributed by atoms with E-state index in [1.54, 1.807) is 0 Å². The number of ether oxygens (including phenoxy) is 1. The number of carbonyl (C=O) groups excluding carboxylic acids is 3. The van der Waals surface area contributed by atoms with Gasteiger partial charge in [0.1, 0.15) is 0 Å². The van der Waals surface area contributed by atoms with Crippen LogP contribution in [-0.4, -0.2) is 50.5 Å². The Hall–Kier alpha value is -2.22. The molecule has 0 saturated carbocycles. The largest absolute Gasteiger partial charge is 0.452 e. The standard InChI is InChI=1S/C14H15NO6S/c1-22(19,20)11-5-2-4-10(8-11)14(18)21-9-13(17)15-7-3-6-12(15)16/h2,4-5,8H,3,6-7,9H2,1H3. The molecular weight excluding hydrogens is 310 g/mol. The number of rotatable bonds is 4. The Labute approximate surface area is 127 Å². The summed E-state index contributed by atoms with van der Waals surface area (Å²) in [4.78, 5) is 36.0. The van der Waals surface area contributed by atoms with E-state index in [9.17, 15) is 22.8 Å². The third-order valence-electron chi connectivity index (χ3n) is 3.20. The molecule has 0 unspecified atom stereocenters. The molecule has 7 nitrogen and oxygen atoms in total. The van der Waals surface area contributed by atoms with Gasteiger partial charge in [-0.05, 0) is 24.6 Å². The number of esters is 1. The smallest absolute Gasteiger partial charge is 0.338 e. The fourth-order valence-electron chi connectivity index (χ4n) is 2.05. The van der Waals surface area contributed by atoms with Gasteiger partial charge < -0.3 is 4.74 Å². The second-order valence-electron chi connectivity index (χ2n) is 4.92. The fourth-order valence-corrected chi connectivity index (χ4v) is 2.72. The van der Waals surface area contributed by atoms with Gasteiger partial charge in [-0.1, -0.05) is 6.07 Å². The van der Waals surface area contributed by atoms with Gasteiger partial charge in [-0.3, -0.25) is 14.5 Å². The summed E-state index contributed by atoms with van der Waals surface area (Å²) in [6.07, 6.45) is 1.95. The van der Waals surface area contributed by atoms with Crippen LogP contribution in [-0.2, 0) is 24.2 Å². The van der Waals surface area contributed by atoms with Gasteiger partial charge in [-0.15, -0.1) is 0 Å². The highest BCUT2D eigenvalue weighted by molar-refractivity contribution is 7.90. The molecule has 1 fully saturated rings. The van der Waals surface area contributed by atoms with Crippen molar-refractivity contribution < 1.29 is 27.5 Å². The topological polar surface area (TPSA) is 97.8 Å². The maximum Gasteiger partial charge on any atom is 0.338 e. The quantitative estimate of drug-likeness (QED) is 0.743. The second-order valence-corrected chi connectivity index (χ2v) is 6.93. The molecule has 0 N–H and O–H groups in total. The van der Waals surface area contributed by atoms with Crippen molar-refractivity contribution in [2.45, 2.75) is 17.7 Å². The SMILES string of the molecule is CS(=O)(=O)c1cccc(C(=O)OCC(=O)N2CCCC2=O)c1. The Balaban J connectivity index is 2.01. The van der Waals surface area contributed by atoms with Gasteiger partial charge in [-0.2, -0.15) is 0 Å². The van der Waals surface area contributed by atoms with E-state index in [1.165, 1.54) is 24.3 Å². The summed E-state index contributed by atoms with van der Waals surface area (Å²) in [5.74, 6) is -1.67. The summed E-state index contributed by atoms with van der Waals surface area (Å²) in [6, 6.07) is 5.35. The maximum atomic E-state index is 11.9. The van der Waals surface area contributed by atoms with Crippen LogP contribution in [0, 0.1) is 0 Å². The summed E-state index contributed by atoms with van der Waals surface area (Å²) in [5, 5.41) is 0. The first-order chi connectivity index (χ1) is 10.3. The van der Waals surface area contributed by atoms with E-state index in [1.807, 2.05) is 0 Å². The highest BCUT2D eigenvalue weighted by Gasteiger charge is 2.27. The molecule has 118 valence electrons. The van der Waals surface area contributed by atoms with Crippen molar-refractivity contribution in [3.63, 3.8) is 0 Å². The van der Waals surface area contributed by atoms with Crippen LogP contribution in [0.25, 0.3) is 0 Å². The second kappa shape index (κ2) is 6.27. The predicted molar refractivity (Wildman–Crippen MR) is 75.8 cm³/mol. The number of amides is 2.